The number of hydrogen-bond acceptors (Lipinski definition) is 2. The molecule has 4 heteroatoms. The zero-order valence-electron chi connectivity index (χ0n) is 9.23. The first-order valence-corrected chi connectivity index (χ1v) is 8.47. The quantitative estimate of drug-likeness (QED) is 0.714. The second-order valence-electron chi connectivity index (χ2n) is 4.56. The van der Waals surface area contributed by atoms with Crippen molar-refractivity contribution < 1.29 is 0 Å². The average Bonchev–Trinajstić information content (AvgIpc) is 2.67. The molecule has 0 spiro atoms. The number of benzene rings is 1. The highest BCUT2D eigenvalue weighted by atomic mass is 28.3. The largest absolute Gasteiger partial charge is 0.221 e. The van der Waals surface area contributed by atoms with Crippen molar-refractivity contribution in [3.63, 3.8) is 0 Å². The molecule has 1 radical (unpaired) electrons. The zero-order chi connectivity index (χ0) is 10.9. The van der Waals surface area contributed by atoms with Crippen LogP contribution in [0.1, 0.15) is 0 Å². The summed E-state index contributed by atoms with van der Waals surface area (Å²) in [5, 5.41) is 9.50. The maximum atomic E-state index is 4.23. The van der Waals surface area contributed by atoms with Gasteiger partial charge in [-0.15, -0.1) is 5.10 Å². The summed E-state index contributed by atoms with van der Waals surface area (Å²) in [6.45, 7) is 6.79. The van der Waals surface area contributed by atoms with Gasteiger partial charge in [0.1, 0.15) is 8.07 Å². The van der Waals surface area contributed by atoms with E-state index < -0.39 is 8.07 Å². The van der Waals surface area contributed by atoms with E-state index in [2.05, 4.69) is 36.0 Å². The topological polar surface area (TPSA) is 30.7 Å². The van der Waals surface area contributed by atoms with Crippen molar-refractivity contribution in [2.45, 2.75) is 19.6 Å². The molecular weight excluding hydrogens is 202 g/mol. The van der Waals surface area contributed by atoms with Crippen LogP contribution in [0.25, 0.3) is 5.69 Å². The van der Waals surface area contributed by atoms with E-state index >= 15 is 0 Å². The fourth-order valence-corrected chi connectivity index (χ4v) is 2.12. The van der Waals surface area contributed by atoms with Gasteiger partial charge in [0, 0.05) is 6.20 Å². The van der Waals surface area contributed by atoms with E-state index in [4.69, 9.17) is 0 Å². The van der Waals surface area contributed by atoms with E-state index in [0.29, 0.717) is 0 Å². The van der Waals surface area contributed by atoms with Crippen LogP contribution >= 0.6 is 0 Å². The number of aromatic nitrogens is 3. The van der Waals surface area contributed by atoms with Crippen LogP contribution in [0.3, 0.4) is 0 Å². The lowest BCUT2D eigenvalue weighted by atomic mass is 10.3. The lowest BCUT2D eigenvalue weighted by molar-refractivity contribution is 0.804. The van der Waals surface area contributed by atoms with Crippen molar-refractivity contribution in [1.82, 2.24) is 15.0 Å². The number of hydrogen-bond donors (Lipinski definition) is 0. The van der Waals surface area contributed by atoms with E-state index in [1.54, 1.807) is 0 Å². The van der Waals surface area contributed by atoms with Gasteiger partial charge in [0.15, 0.2) is 0 Å². The molecule has 2 aromatic rings. The molecule has 0 bridgehead atoms. The van der Waals surface area contributed by atoms with Gasteiger partial charge < -0.3 is 0 Å². The highest BCUT2D eigenvalue weighted by Crippen LogP contribution is 2.05. The minimum absolute atomic E-state index is 1.03. The smallest absolute Gasteiger partial charge is 0.106 e. The van der Waals surface area contributed by atoms with Crippen molar-refractivity contribution in [3.05, 3.63) is 36.5 Å². The Morgan fingerprint density at radius 1 is 1.20 bits per heavy atom. The lowest BCUT2D eigenvalue weighted by Gasteiger charge is -2.09. The van der Waals surface area contributed by atoms with Crippen LogP contribution in [0.4, 0.5) is 0 Å². The van der Waals surface area contributed by atoms with Crippen LogP contribution in [-0.2, 0) is 0 Å². The van der Waals surface area contributed by atoms with Crippen LogP contribution in [-0.4, -0.2) is 23.1 Å². The summed E-state index contributed by atoms with van der Waals surface area (Å²) in [5.41, 5.74) is 1.03. The van der Waals surface area contributed by atoms with Gasteiger partial charge in [-0.3, -0.25) is 0 Å². The molecule has 0 saturated carbocycles. The van der Waals surface area contributed by atoms with Crippen molar-refractivity contribution in [2.24, 2.45) is 0 Å². The van der Waals surface area contributed by atoms with Gasteiger partial charge in [-0.05, 0) is 18.2 Å². The molecule has 1 aromatic carbocycles. The van der Waals surface area contributed by atoms with Crippen LogP contribution in [0.5, 0.6) is 0 Å². The van der Waals surface area contributed by atoms with Crippen LogP contribution < -0.4 is 5.32 Å². The van der Waals surface area contributed by atoms with Gasteiger partial charge in [-0.2, -0.15) is 0 Å². The second kappa shape index (κ2) is 3.62. The van der Waals surface area contributed by atoms with E-state index in [9.17, 15) is 0 Å². The molecule has 0 atom stereocenters. The monoisotopic (exact) mass is 216 g/mol. The Morgan fingerprint density at radius 3 is 2.40 bits per heavy atom. The third-order valence-electron chi connectivity index (χ3n) is 2.23. The first-order valence-electron chi connectivity index (χ1n) is 4.97. The van der Waals surface area contributed by atoms with Crippen molar-refractivity contribution in [2.75, 3.05) is 0 Å². The minimum atomic E-state index is -1.35. The third-order valence-corrected chi connectivity index (χ3v) is 3.99. The molecule has 15 heavy (non-hydrogen) atoms. The summed E-state index contributed by atoms with van der Waals surface area (Å²) in [7, 11) is -1.35. The molecular formula is C11H14N3Si. The molecule has 0 aliphatic carbocycles. The molecule has 0 unspecified atom stereocenters. The lowest BCUT2D eigenvalue weighted by Crippen LogP contribution is -2.38. The van der Waals surface area contributed by atoms with Gasteiger partial charge in [0.2, 0.25) is 0 Å². The molecule has 0 fully saturated rings. The maximum absolute atomic E-state index is 4.23. The molecule has 0 aliphatic rings. The van der Waals surface area contributed by atoms with Gasteiger partial charge in [0.25, 0.3) is 0 Å². The first kappa shape index (κ1) is 10.1. The summed E-state index contributed by atoms with van der Waals surface area (Å²) < 4.78 is 1.82. The highest BCUT2D eigenvalue weighted by molar-refractivity contribution is 6.88. The molecule has 3 nitrogen and oxygen atoms in total. The average molecular weight is 216 g/mol. The summed E-state index contributed by atoms with van der Waals surface area (Å²) in [6.07, 6.45) is 2.03. The summed E-state index contributed by atoms with van der Waals surface area (Å²) in [6, 6.07) is 10.7. The Labute approximate surface area is 90.8 Å². The molecule has 1 aromatic heterocycles. The van der Waals surface area contributed by atoms with Crippen molar-refractivity contribution in [3.8, 4) is 5.69 Å². The second-order valence-corrected chi connectivity index (χ2v) is 9.57. The minimum Gasteiger partial charge on any atom is -0.221 e. The van der Waals surface area contributed by atoms with Crippen LogP contribution in [0.2, 0.25) is 19.6 Å². The van der Waals surface area contributed by atoms with Crippen LogP contribution in [0.15, 0.2) is 30.5 Å². The van der Waals surface area contributed by atoms with Gasteiger partial charge in [-0.25, -0.2) is 4.68 Å². The van der Waals surface area contributed by atoms with Gasteiger partial charge in [0.05, 0.1) is 11.0 Å². The Morgan fingerprint density at radius 2 is 1.87 bits per heavy atom. The molecule has 0 amide bonds. The molecule has 0 saturated heterocycles. The Kier molecular flexibility index (Phi) is 2.44. The van der Waals surface area contributed by atoms with Crippen LogP contribution in [0, 0.1) is 6.07 Å². The molecule has 0 aliphatic heterocycles. The number of rotatable bonds is 2. The molecule has 1 heterocycles. The summed E-state index contributed by atoms with van der Waals surface area (Å²) in [4.78, 5) is 0. The SMILES string of the molecule is C[Si](C)(C)c1cn(-c2cc[c]cc2)nn1. The fourth-order valence-electron chi connectivity index (χ4n) is 1.26. The number of nitrogens with zero attached hydrogens (tertiary/aromatic N) is 3. The fraction of sp³-hybridized carbons (Fsp3) is 0.273. The molecule has 77 valence electrons. The van der Waals surface area contributed by atoms with Crippen molar-refractivity contribution >= 4 is 13.4 Å². The Balaban J connectivity index is 2.37. The summed E-state index contributed by atoms with van der Waals surface area (Å²) >= 11 is 0. The Bertz CT molecular complexity index is 442. The normalized spacial score (nSPS) is 11.7. The van der Waals surface area contributed by atoms with Crippen molar-refractivity contribution in [1.29, 1.82) is 0 Å². The third kappa shape index (κ3) is 2.15. The first-order chi connectivity index (χ1) is 7.07. The predicted octanol–water partition coefficient (Wildman–Crippen LogP) is 1.61. The highest BCUT2D eigenvalue weighted by Gasteiger charge is 2.20. The van der Waals surface area contributed by atoms with Gasteiger partial charge >= 0.3 is 0 Å². The predicted molar refractivity (Wildman–Crippen MR) is 63.2 cm³/mol. The standard InChI is InChI=1S/C11H14N3Si/c1-15(2,3)11-9-14(13-12-11)10-7-5-4-6-8-10/h5-9H,1-3H3. The van der Waals surface area contributed by atoms with Gasteiger partial charge in [-0.1, -0.05) is 37.0 Å². The zero-order valence-corrected chi connectivity index (χ0v) is 10.2. The molecule has 2 rings (SSSR count). The summed E-state index contributed by atoms with van der Waals surface area (Å²) in [5.74, 6) is 0. The van der Waals surface area contributed by atoms with E-state index in [1.165, 1.54) is 0 Å². The van der Waals surface area contributed by atoms with E-state index in [0.717, 1.165) is 11.0 Å². The van der Waals surface area contributed by atoms with E-state index in [1.807, 2.05) is 35.1 Å². The molecule has 0 N–H and O–H groups in total. The Hall–Kier alpha value is -1.42. The van der Waals surface area contributed by atoms with E-state index in [-0.39, 0.29) is 0 Å². The maximum Gasteiger partial charge on any atom is 0.106 e.